The fourth-order valence-electron chi connectivity index (χ4n) is 3.15. The van der Waals surface area contributed by atoms with E-state index in [9.17, 15) is 0 Å². The van der Waals surface area contributed by atoms with E-state index in [0.717, 1.165) is 11.8 Å². The highest BCUT2D eigenvalue weighted by molar-refractivity contribution is 5.26. The Morgan fingerprint density at radius 3 is 3.00 bits per heavy atom. The summed E-state index contributed by atoms with van der Waals surface area (Å²) in [6.45, 7) is 2.29. The molecule has 0 heteroatoms. The minimum absolute atomic E-state index is 0.922. The average molecular weight is 204 g/mol. The van der Waals surface area contributed by atoms with Gasteiger partial charge < -0.3 is 0 Å². The number of unbranched alkanes of at least 4 members (excludes halogenated alkanes) is 3. The Hall–Kier alpha value is -0.520. The Morgan fingerprint density at radius 1 is 1.20 bits per heavy atom. The molecular formula is C15H24. The van der Waals surface area contributed by atoms with Crippen LogP contribution in [0.3, 0.4) is 0 Å². The molecular weight excluding hydrogens is 180 g/mol. The molecule has 0 radical (unpaired) electrons. The molecule has 0 aromatic carbocycles. The van der Waals surface area contributed by atoms with Gasteiger partial charge in [-0.05, 0) is 37.5 Å². The predicted octanol–water partition coefficient (Wildman–Crippen LogP) is 4.87. The molecule has 1 saturated carbocycles. The van der Waals surface area contributed by atoms with Crippen LogP contribution in [0.4, 0.5) is 0 Å². The summed E-state index contributed by atoms with van der Waals surface area (Å²) in [6.07, 6.45) is 18.4. The highest BCUT2D eigenvalue weighted by atomic mass is 14.3. The van der Waals surface area contributed by atoms with E-state index in [1.807, 2.05) is 0 Å². The van der Waals surface area contributed by atoms with Gasteiger partial charge in [-0.1, -0.05) is 56.4 Å². The van der Waals surface area contributed by atoms with Gasteiger partial charge >= 0.3 is 0 Å². The minimum atomic E-state index is 0.922. The smallest absolute Gasteiger partial charge is 0.0162 e. The van der Waals surface area contributed by atoms with Crippen molar-refractivity contribution < 1.29 is 0 Å². The zero-order chi connectivity index (χ0) is 10.5. The lowest BCUT2D eigenvalue weighted by Crippen LogP contribution is -2.04. The Bertz CT molecular complexity index is 247. The molecule has 15 heavy (non-hydrogen) atoms. The third kappa shape index (κ3) is 2.74. The van der Waals surface area contributed by atoms with Crippen molar-refractivity contribution in [1.29, 1.82) is 0 Å². The van der Waals surface area contributed by atoms with Crippen LogP contribution in [0.5, 0.6) is 0 Å². The standard InChI is InChI=1S/C15H24/c1-2-3-4-5-8-13-11-12-14-9-6-7-10-15(13)14/h6-7,10,13-14H,2-5,8-9,11-12H2,1H3. The van der Waals surface area contributed by atoms with Gasteiger partial charge in [0, 0.05) is 0 Å². The molecule has 2 atom stereocenters. The van der Waals surface area contributed by atoms with E-state index in [4.69, 9.17) is 0 Å². The monoisotopic (exact) mass is 204 g/mol. The van der Waals surface area contributed by atoms with Crippen molar-refractivity contribution in [1.82, 2.24) is 0 Å². The van der Waals surface area contributed by atoms with E-state index in [1.165, 1.54) is 51.4 Å². The summed E-state index contributed by atoms with van der Waals surface area (Å²) >= 11 is 0. The van der Waals surface area contributed by atoms with E-state index in [-0.39, 0.29) is 0 Å². The molecule has 0 bridgehead atoms. The highest BCUT2D eigenvalue weighted by Gasteiger charge is 2.29. The first-order valence-electron chi connectivity index (χ1n) is 6.78. The van der Waals surface area contributed by atoms with Crippen LogP contribution in [0.15, 0.2) is 23.8 Å². The second-order valence-electron chi connectivity index (χ2n) is 5.15. The molecule has 0 saturated heterocycles. The maximum atomic E-state index is 2.41. The zero-order valence-electron chi connectivity index (χ0n) is 10.0. The number of hydrogen-bond donors (Lipinski definition) is 0. The van der Waals surface area contributed by atoms with Gasteiger partial charge in [-0.3, -0.25) is 0 Å². The fraction of sp³-hybridized carbons (Fsp3) is 0.733. The van der Waals surface area contributed by atoms with E-state index in [2.05, 4.69) is 25.2 Å². The molecule has 0 nitrogen and oxygen atoms in total. The molecule has 0 aromatic rings. The molecule has 0 heterocycles. The van der Waals surface area contributed by atoms with Crippen molar-refractivity contribution in [3.05, 3.63) is 23.8 Å². The Labute approximate surface area is 94.5 Å². The second kappa shape index (κ2) is 5.53. The van der Waals surface area contributed by atoms with Crippen molar-refractivity contribution in [2.75, 3.05) is 0 Å². The van der Waals surface area contributed by atoms with Crippen LogP contribution in [0.25, 0.3) is 0 Å². The van der Waals surface area contributed by atoms with Crippen LogP contribution in [0.2, 0.25) is 0 Å². The van der Waals surface area contributed by atoms with E-state index < -0.39 is 0 Å². The van der Waals surface area contributed by atoms with Crippen molar-refractivity contribution >= 4 is 0 Å². The van der Waals surface area contributed by atoms with E-state index >= 15 is 0 Å². The Balaban J connectivity index is 1.78. The SMILES string of the molecule is CCCCCCC1CCC2CC=CC=C21. The normalized spacial score (nSPS) is 29.0. The molecule has 2 unspecified atom stereocenters. The first-order valence-corrected chi connectivity index (χ1v) is 6.78. The minimum Gasteiger partial charge on any atom is -0.0839 e. The van der Waals surface area contributed by atoms with Gasteiger partial charge in [-0.15, -0.1) is 0 Å². The summed E-state index contributed by atoms with van der Waals surface area (Å²) in [5, 5.41) is 0. The molecule has 0 aliphatic heterocycles. The van der Waals surface area contributed by atoms with Crippen LogP contribution in [-0.2, 0) is 0 Å². The third-order valence-corrected chi connectivity index (χ3v) is 4.06. The first kappa shape index (κ1) is 11.0. The lowest BCUT2D eigenvalue weighted by molar-refractivity contribution is 0.518. The molecule has 2 rings (SSSR count). The third-order valence-electron chi connectivity index (χ3n) is 4.06. The van der Waals surface area contributed by atoms with Crippen molar-refractivity contribution in [3.8, 4) is 0 Å². The number of fused-ring (bicyclic) bond motifs is 1. The summed E-state index contributed by atoms with van der Waals surface area (Å²) in [5.41, 5.74) is 1.79. The highest BCUT2D eigenvalue weighted by Crippen LogP contribution is 2.42. The maximum Gasteiger partial charge on any atom is -0.0162 e. The topological polar surface area (TPSA) is 0 Å². The van der Waals surface area contributed by atoms with Gasteiger partial charge in [-0.25, -0.2) is 0 Å². The lowest BCUT2D eigenvalue weighted by atomic mass is 9.88. The van der Waals surface area contributed by atoms with Crippen LogP contribution in [0, 0.1) is 11.8 Å². The van der Waals surface area contributed by atoms with Crippen LogP contribution in [0.1, 0.15) is 58.3 Å². The molecule has 1 fully saturated rings. The van der Waals surface area contributed by atoms with Crippen LogP contribution in [-0.4, -0.2) is 0 Å². The number of allylic oxidation sites excluding steroid dienone is 4. The average Bonchev–Trinajstić information content (AvgIpc) is 2.68. The van der Waals surface area contributed by atoms with Gasteiger partial charge in [0.15, 0.2) is 0 Å². The zero-order valence-corrected chi connectivity index (χ0v) is 10.0. The summed E-state index contributed by atoms with van der Waals surface area (Å²) in [4.78, 5) is 0. The van der Waals surface area contributed by atoms with E-state index in [1.54, 1.807) is 5.57 Å². The first-order chi connectivity index (χ1) is 7.42. The van der Waals surface area contributed by atoms with Crippen LogP contribution >= 0.6 is 0 Å². The predicted molar refractivity (Wildman–Crippen MR) is 66.8 cm³/mol. The van der Waals surface area contributed by atoms with Gasteiger partial charge in [0.25, 0.3) is 0 Å². The molecule has 0 aromatic heterocycles. The summed E-state index contributed by atoms with van der Waals surface area (Å²) in [5.74, 6) is 1.86. The molecule has 2 aliphatic carbocycles. The van der Waals surface area contributed by atoms with Crippen molar-refractivity contribution in [2.45, 2.75) is 58.3 Å². The van der Waals surface area contributed by atoms with Gasteiger partial charge in [0.1, 0.15) is 0 Å². The molecule has 84 valence electrons. The van der Waals surface area contributed by atoms with Crippen molar-refractivity contribution in [2.24, 2.45) is 11.8 Å². The van der Waals surface area contributed by atoms with Crippen LogP contribution < -0.4 is 0 Å². The Kier molecular flexibility index (Phi) is 4.05. The van der Waals surface area contributed by atoms with Gasteiger partial charge in [-0.2, -0.15) is 0 Å². The molecule has 0 N–H and O–H groups in total. The van der Waals surface area contributed by atoms with Gasteiger partial charge in [0.2, 0.25) is 0 Å². The molecule has 2 aliphatic rings. The summed E-state index contributed by atoms with van der Waals surface area (Å²) in [6, 6.07) is 0. The maximum absolute atomic E-state index is 2.41. The largest absolute Gasteiger partial charge is 0.0839 e. The molecule has 0 amide bonds. The Morgan fingerprint density at radius 2 is 2.13 bits per heavy atom. The van der Waals surface area contributed by atoms with E-state index in [0.29, 0.717) is 0 Å². The molecule has 0 spiro atoms. The lowest BCUT2D eigenvalue weighted by Gasteiger charge is -2.17. The number of hydrogen-bond acceptors (Lipinski definition) is 0. The number of rotatable bonds is 5. The summed E-state index contributed by atoms with van der Waals surface area (Å²) in [7, 11) is 0. The van der Waals surface area contributed by atoms with Gasteiger partial charge in [0.05, 0.1) is 0 Å². The summed E-state index contributed by atoms with van der Waals surface area (Å²) < 4.78 is 0. The quantitative estimate of drug-likeness (QED) is 0.560. The van der Waals surface area contributed by atoms with Crippen molar-refractivity contribution in [3.63, 3.8) is 0 Å². The second-order valence-corrected chi connectivity index (χ2v) is 5.15. The fourth-order valence-corrected chi connectivity index (χ4v) is 3.15.